The lowest BCUT2D eigenvalue weighted by Crippen LogP contribution is -2.22. The molecule has 112 valence electrons. The average molecular weight is 320 g/mol. The highest BCUT2D eigenvalue weighted by Crippen LogP contribution is 2.34. The molecule has 0 fully saturated rings. The molecule has 1 unspecified atom stereocenters. The minimum atomic E-state index is 0.320. The van der Waals surface area contributed by atoms with Gasteiger partial charge in [0.2, 0.25) is 0 Å². The molecule has 1 nitrogen and oxygen atoms in total. The topological polar surface area (TPSA) is 12.0 Å². The fraction of sp³-hybridized carbons (Fsp3) is 0.444. The van der Waals surface area contributed by atoms with E-state index in [1.54, 1.807) is 22.5 Å². The zero-order chi connectivity index (χ0) is 14.8. The summed E-state index contributed by atoms with van der Waals surface area (Å²) < 4.78 is 0. The van der Waals surface area contributed by atoms with E-state index in [0.717, 1.165) is 18.0 Å². The molecule has 0 amide bonds. The SMILES string of the molecule is CCNC(Cc1ccc2c(c1)CCC2)c1scc(C)c1Cl. The first-order chi connectivity index (χ1) is 10.2. The molecule has 2 aromatic rings. The molecule has 3 heteroatoms. The molecule has 0 saturated heterocycles. The second kappa shape index (κ2) is 6.51. The van der Waals surface area contributed by atoms with Crippen LogP contribution in [0.1, 0.15) is 46.5 Å². The molecule has 1 aliphatic carbocycles. The van der Waals surface area contributed by atoms with Gasteiger partial charge >= 0.3 is 0 Å². The molecule has 0 aliphatic heterocycles. The number of hydrogen-bond acceptors (Lipinski definition) is 2. The monoisotopic (exact) mass is 319 g/mol. The molecule has 1 aliphatic rings. The summed E-state index contributed by atoms with van der Waals surface area (Å²) in [5.41, 5.74) is 5.71. The van der Waals surface area contributed by atoms with E-state index in [1.807, 2.05) is 0 Å². The molecule has 1 heterocycles. The minimum absolute atomic E-state index is 0.320. The summed E-state index contributed by atoms with van der Waals surface area (Å²) in [5.74, 6) is 0. The molecule has 0 bridgehead atoms. The summed E-state index contributed by atoms with van der Waals surface area (Å²) in [6.45, 7) is 5.20. The molecular weight excluding hydrogens is 298 g/mol. The smallest absolute Gasteiger partial charge is 0.0590 e. The second-order valence-electron chi connectivity index (χ2n) is 5.87. The van der Waals surface area contributed by atoms with Crippen LogP contribution in [0.25, 0.3) is 0 Å². The maximum Gasteiger partial charge on any atom is 0.0590 e. The zero-order valence-corrected chi connectivity index (χ0v) is 14.3. The standard InChI is InChI=1S/C18H22ClNS/c1-3-20-16(18-17(19)12(2)11-21-18)10-13-7-8-14-5-4-6-15(14)9-13/h7-9,11,16,20H,3-6,10H2,1-2H3. The fourth-order valence-corrected chi connectivity index (χ4v) is 4.58. The summed E-state index contributed by atoms with van der Waals surface area (Å²) in [6, 6.07) is 7.34. The number of thiophene rings is 1. The van der Waals surface area contributed by atoms with Gasteiger partial charge in [-0.15, -0.1) is 11.3 Å². The zero-order valence-electron chi connectivity index (χ0n) is 12.7. The molecule has 1 aromatic carbocycles. The maximum atomic E-state index is 6.47. The molecule has 1 atom stereocenters. The van der Waals surface area contributed by atoms with Crippen molar-refractivity contribution in [1.29, 1.82) is 0 Å². The summed E-state index contributed by atoms with van der Waals surface area (Å²) in [7, 11) is 0. The summed E-state index contributed by atoms with van der Waals surface area (Å²) >= 11 is 8.24. The van der Waals surface area contributed by atoms with Crippen molar-refractivity contribution >= 4 is 22.9 Å². The van der Waals surface area contributed by atoms with Crippen LogP contribution in [0.3, 0.4) is 0 Å². The van der Waals surface area contributed by atoms with E-state index in [4.69, 9.17) is 11.6 Å². The summed E-state index contributed by atoms with van der Waals surface area (Å²) in [4.78, 5) is 1.27. The Bertz CT molecular complexity index is 632. The Kier molecular flexibility index (Phi) is 4.68. The third-order valence-corrected chi connectivity index (χ3v) is 6.12. The van der Waals surface area contributed by atoms with E-state index in [9.17, 15) is 0 Å². The van der Waals surface area contributed by atoms with Gasteiger partial charge in [0.15, 0.2) is 0 Å². The van der Waals surface area contributed by atoms with Gasteiger partial charge in [0.05, 0.1) is 5.02 Å². The van der Waals surface area contributed by atoms with Crippen LogP contribution < -0.4 is 5.32 Å². The van der Waals surface area contributed by atoms with E-state index >= 15 is 0 Å². The highest BCUT2D eigenvalue weighted by molar-refractivity contribution is 7.10. The highest BCUT2D eigenvalue weighted by Gasteiger charge is 2.19. The second-order valence-corrected chi connectivity index (χ2v) is 7.16. The summed E-state index contributed by atoms with van der Waals surface area (Å²) in [5, 5.41) is 6.69. The van der Waals surface area contributed by atoms with Gasteiger partial charge < -0.3 is 5.32 Å². The number of hydrogen-bond donors (Lipinski definition) is 1. The van der Waals surface area contributed by atoms with Gasteiger partial charge in [0.1, 0.15) is 0 Å². The quantitative estimate of drug-likeness (QED) is 0.809. The van der Waals surface area contributed by atoms with Gasteiger partial charge in [0, 0.05) is 10.9 Å². The first-order valence-corrected chi connectivity index (χ1v) is 9.02. The molecule has 21 heavy (non-hydrogen) atoms. The molecule has 0 radical (unpaired) electrons. The van der Waals surface area contributed by atoms with Crippen LogP contribution in [0.5, 0.6) is 0 Å². The van der Waals surface area contributed by atoms with Gasteiger partial charge in [-0.2, -0.15) is 0 Å². The number of aryl methyl sites for hydroxylation is 3. The number of rotatable bonds is 5. The lowest BCUT2D eigenvalue weighted by Gasteiger charge is -2.18. The predicted molar refractivity (Wildman–Crippen MR) is 92.7 cm³/mol. The van der Waals surface area contributed by atoms with Crippen LogP contribution in [0.4, 0.5) is 0 Å². The Balaban J connectivity index is 1.83. The van der Waals surface area contributed by atoms with Crippen molar-refractivity contribution in [3.05, 3.63) is 55.7 Å². The van der Waals surface area contributed by atoms with Crippen LogP contribution in [0, 0.1) is 6.92 Å². The molecule has 3 rings (SSSR count). The Morgan fingerprint density at radius 1 is 1.29 bits per heavy atom. The molecular formula is C18H22ClNS. The molecule has 1 N–H and O–H groups in total. The first kappa shape index (κ1) is 15.1. The lowest BCUT2D eigenvalue weighted by atomic mass is 10.00. The van der Waals surface area contributed by atoms with Crippen LogP contribution in [0.2, 0.25) is 5.02 Å². The predicted octanol–water partition coefficient (Wildman–Crippen LogP) is 5.09. The highest BCUT2D eigenvalue weighted by atomic mass is 35.5. The van der Waals surface area contributed by atoms with Crippen LogP contribution >= 0.6 is 22.9 Å². The van der Waals surface area contributed by atoms with Crippen molar-refractivity contribution in [1.82, 2.24) is 5.32 Å². The number of fused-ring (bicyclic) bond motifs is 1. The average Bonchev–Trinajstić information content (AvgIpc) is 3.06. The van der Waals surface area contributed by atoms with E-state index in [0.29, 0.717) is 6.04 Å². The maximum absolute atomic E-state index is 6.47. The largest absolute Gasteiger partial charge is 0.309 e. The normalized spacial score (nSPS) is 15.2. The Hall–Kier alpha value is -0.830. The number of halogens is 1. The van der Waals surface area contributed by atoms with E-state index < -0.39 is 0 Å². The molecule has 0 saturated carbocycles. The van der Waals surface area contributed by atoms with Gasteiger partial charge in [-0.05, 0) is 66.8 Å². The van der Waals surface area contributed by atoms with Crippen LogP contribution in [0.15, 0.2) is 23.6 Å². The Labute approximate surface area is 136 Å². The molecule has 1 aromatic heterocycles. The number of nitrogens with one attached hydrogen (secondary N) is 1. The van der Waals surface area contributed by atoms with Crippen molar-refractivity contribution in [2.24, 2.45) is 0 Å². The third-order valence-electron chi connectivity index (χ3n) is 4.29. The number of benzene rings is 1. The van der Waals surface area contributed by atoms with Gasteiger partial charge in [0.25, 0.3) is 0 Å². The third kappa shape index (κ3) is 3.18. The minimum Gasteiger partial charge on any atom is -0.309 e. The van der Waals surface area contributed by atoms with E-state index in [-0.39, 0.29) is 0 Å². The van der Waals surface area contributed by atoms with Crippen molar-refractivity contribution in [2.45, 2.75) is 45.6 Å². The van der Waals surface area contributed by atoms with Crippen molar-refractivity contribution < 1.29 is 0 Å². The lowest BCUT2D eigenvalue weighted by molar-refractivity contribution is 0.558. The van der Waals surface area contributed by atoms with Gasteiger partial charge in [-0.3, -0.25) is 0 Å². The van der Waals surface area contributed by atoms with E-state index in [1.165, 1.54) is 35.3 Å². The van der Waals surface area contributed by atoms with Crippen LogP contribution in [-0.2, 0) is 19.3 Å². The van der Waals surface area contributed by atoms with Crippen LogP contribution in [-0.4, -0.2) is 6.54 Å². The van der Waals surface area contributed by atoms with E-state index in [2.05, 4.69) is 42.7 Å². The first-order valence-electron chi connectivity index (χ1n) is 7.76. The Morgan fingerprint density at radius 2 is 2.10 bits per heavy atom. The Morgan fingerprint density at radius 3 is 2.81 bits per heavy atom. The van der Waals surface area contributed by atoms with Crippen molar-refractivity contribution in [2.75, 3.05) is 6.54 Å². The molecule has 0 spiro atoms. The van der Waals surface area contributed by atoms with Gasteiger partial charge in [-0.25, -0.2) is 0 Å². The van der Waals surface area contributed by atoms with Crippen molar-refractivity contribution in [3.63, 3.8) is 0 Å². The fourth-order valence-electron chi connectivity index (χ4n) is 3.18. The van der Waals surface area contributed by atoms with Gasteiger partial charge in [-0.1, -0.05) is 36.7 Å². The number of likely N-dealkylation sites (N-methyl/N-ethyl adjacent to an activating group) is 1. The van der Waals surface area contributed by atoms with Crippen molar-refractivity contribution in [3.8, 4) is 0 Å². The summed E-state index contributed by atoms with van der Waals surface area (Å²) in [6.07, 6.45) is 4.82.